The molecule has 0 aliphatic carbocycles. The Labute approximate surface area is 163 Å². The molecule has 3 rings (SSSR count). The number of ether oxygens (including phenoxy) is 2. The zero-order chi connectivity index (χ0) is 18.7. The molecule has 0 aromatic heterocycles. The summed E-state index contributed by atoms with van der Waals surface area (Å²) in [6, 6.07) is 13.3. The Morgan fingerprint density at radius 2 is 1.77 bits per heavy atom. The minimum Gasteiger partial charge on any atom is -0.486 e. The third-order valence-electron chi connectivity index (χ3n) is 4.20. The van der Waals surface area contributed by atoms with Crippen molar-refractivity contribution in [3.63, 3.8) is 0 Å². The maximum Gasteiger partial charge on any atom is 0.233 e. The van der Waals surface area contributed by atoms with Gasteiger partial charge in [0.15, 0.2) is 11.5 Å². The van der Waals surface area contributed by atoms with Crippen LogP contribution in [-0.2, 0) is 10.3 Å². The molecule has 0 radical (unpaired) electrons. The molecule has 0 bridgehead atoms. The number of thioether (sulfide) groups is 1. The molecule has 1 unspecified atom stereocenters. The molecule has 1 atom stereocenters. The predicted octanol–water partition coefficient (Wildman–Crippen LogP) is 4.64. The molecule has 4 nitrogen and oxygen atoms in total. The Bertz CT molecular complexity index is 792. The van der Waals surface area contributed by atoms with E-state index in [4.69, 9.17) is 21.1 Å². The van der Waals surface area contributed by atoms with Crippen molar-refractivity contribution in [2.45, 2.75) is 36.5 Å². The highest BCUT2D eigenvalue weighted by Crippen LogP contribution is 2.34. The van der Waals surface area contributed by atoms with E-state index < -0.39 is 5.54 Å². The molecule has 0 fully saturated rings. The van der Waals surface area contributed by atoms with Crippen LogP contribution < -0.4 is 14.8 Å². The van der Waals surface area contributed by atoms with Crippen LogP contribution >= 0.6 is 23.4 Å². The van der Waals surface area contributed by atoms with Gasteiger partial charge in [-0.2, -0.15) is 0 Å². The minimum absolute atomic E-state index is 0.0233. The lowest BCUT2D eigenvalue weighted by Gasteiger charge is -2.30. The van der Waals surface area contributed by atoms with Crippen molar-refractivity contribution in [3.05, 3.63) is 53.1 Å². The normalized spacial score (nSPS) is 14.6. The Balaban J connectivity index is 1.67. The Morgan fingerprint density at radius 3 is 2.46 bits per heavy atom. The summed E-state index contributed by atoms with van der Waals surface area (Å²) in [5, 5.41) is 3.59. The zero-order valence-corrected chi connectivity index (χ0v) is 16.6. The molecule has 0 saturated carbocycles. The second-order valence-corrected chi connectivity index (χ2v) is 8.54. The highest BCUT2D eigenvalue weighted by atomic mass is 35.5. The van der Waals surface area contributed by atoms with Gasteiger partial charge in [0, 0.05) is 9.92 Å². The van der Waals surface area contributed by atoms with Gasteiger partial charge in [-0.05, 0) is 62.7 Å². The molecule has 1 N–H and O–H groups in total. The van der Waals surface area contributed by atoms with Crippen LogP contribution in [0.5, 0.6) is 11.5 Å². The van der Waals surface area contributed by atoms with Gasteiger partial charge in [0.2, 0.25) is 5.91 Å². The summed E-state index contributed by atoms with van der Waals surface area (Å²) in [5.41, 5.74) is 0.445. The molecule has 6 heteroatoms. The second kappa shape index (κ2) is 7.80. The number of nitrogens with one attached hydrogen (secondary N) is 1. The van der Waals surface area contributed by atoms with E-state index in [9.17, 15) is 4.79 Å². The molecular formula is C20H22ClNO3S. The lowest BCUT2D eigenvalue weighted by atomic mass is 9.93. The van der Waals surface area contributed by atoms with E-state index in [2.05, 4.69) is 5.32 Å². The van der Waals surface area contributed by atoms with Crippen LogP contribution in [0.25, 0.3) is 0 Å². The van der Waals surface area contributed by atoms with E-state index in [1.165, 1.54) is 11.8 Å². The van der Waals surface area contributed by atoms with Gasteiger partial charge in [0.25, 0.3) is 0 Å². The fraction of sp³-hybridized carbons (Fsp3) is 0.350. The minimum atomic E-state index is -0.526. The zero-order valence-electron chi connectivity index (χ0n) is 15.0. The van der Waals surface area contributed by atoms with Crippen LogP contribution in [0.15, 0.2) is 47.4 Å². The van der Waals surface area contributed by atoms with Crippen molar-refractivity contribution in [3.8, 4) is 11.5 Å². The summed E-state index contributed by atoms with van der Waals surface area (Å²) < 4.78 is 11.2. The van der Waals surface area contributed by atoms with Crippen molar-refractivity contribution in [2.24, 2.45) is 0 Å². The Hall–Kier alpha value is -1.85. The highest BCUT2D eigenvalue weighted by molar-refractivity contribution is 8.00. The molecule has 1 heterocycles. The largest absolute Gasteiger partial charge is 0.486 e. The molecule has 26 heavy (non-hydrogen) atoms. The summed E-state index contributed by atoms with van der Waals surface area (Å²) in [5.74, 6) is 1.44. The van der Waals surface area contributed by atoms with Crippen LogP contribution in [0.2, 0.25) is 5.02 Å². The number of carbonyl (C=O) groups is 1. The summed E-state index contributed by atoms with van der Waals surface area (Å²) >= 11 is 7.41. The monoisotopic (exact) mass is 391 g/mol. The van der Waals surface area contributed by atoms with Gasteiger partial charge >= 0.3 is 0 Å². The first-order chi connectivity index (χ1) is 12.3. The predicted molar refractivity (Wildman–Crippen MR) is 105 cm³/mol. The standard InChI is InChI=1S/C20H22ClNO3S/c1-13(26-16-7-5-15(21)6-8-16)19(23)22-20(2,3)14-4-9-17-18(12-14)25-11-10-24-17/h4-9,12-13H,10-11H2,1-3H3,(H,22,23). The first-order valence-electron chi connectivity index (χ1n) is 8.49. The highest BCUT2D eigenvalue weighted by Gasteiger charge is 2.27. The molecule has 0 spiro atoms. The van der Waals surface area contributed by atoms with Crippen LogP contribution in [-0.4, -0.2) is 24.4 Å². The van der Waals surface area contributed by atoms with E-state index in [1.807, 2.05) is 63.2 Å². The van der Waals surface area contributed by atoms with Crippen molar-refractivity contribution < 1.29 is 14.3 Å². The van der Waals surface area contributed by atoms with Crippen molar-refractivity contribution in [1.82, 2.24) is 5.32 Å². The van der Waals surface area contributed by atoms with Crippen LogP contribution in [0, 0.1) is 0 Å². The van der Waals surface area contributed by atoms with E-state index in [0.717, 1.165) is 22.0 Å². The average Bonchev–Trinajstić information content (AvgIpc) is 2.62. The lowest BCUT2D eigenvalue weighted by Crippen LogP contribution is -2.44. The van der Waals surface area contributed by atoms with E-state index in [1.54, 1.807) is 0 Å². The van der Waals surface area contributed by atoms with Gasteiger partial charge in [-0.15, -0.1) is 11.8 Å². The van der Waals surface area contributed by atoms with Crippen LogP contribution in [0.1, 0.15) is 26.3 Å². The third kappa shape index (κ3) is 4.46. The van der Waals surface area contributed by atoms with Gasteiger partial charge in [-0.25, -0.2) is 0 Å². The fourth-order valence-corrected chi connectivity index (χ4v) is 3.68. The van der Waals surface area contributed by atoms with E-state index >= 15 is 0 Å². The molecule has 2 aromatic rings. The maximum absolute atomic E-state index is 12.7. The number of fused-ring (bicyclic) bond motifs is 1. The Kier molecular flexibility index (Phi) is 5.68. The van der Waals surface area contributed by atoms with Gasteiger partial charge < -0.3 is 14.8 Å². The van der Waals surface area contributed by atoms with E-state index in [0.29, 0.717) is 18.2 Å². The maximum atomic E-state index is 12.7. The molecule has 138 valence electrons. The van der Waals surface area contributed by atoms with Crippen molar-refractivity contribution >= 4 is 29.3 Å². The van der Waals surface area contributed by atoms with Crippen molar-refractivity contribution in [1.29, 1.82) is 0 Å². The number of hydrogen-bond acceptors (Lipinski definition) is 4. The average molecular weight is 392 g/mol. The third-order valence-corrected chi connectivity index (χ3v) is 5.56. The second-order valence-electron chi connectivity index (χ2n) is 6.69. The summed E-state index contributed by atoms with van der Waals surface area (Å²) in [7, 11) is 0. The number of halogens is 1. The molecular weight excluding hydrogens is 370 g/mol. The molecule has 1 aliphatic rings. The summed E-state index contributed by atoms with van der Waals surface area (Å²) in [4.78, 5) is 13.7. The SMILES string of the molecule is CC(Sc1ccc(Cl)cc1)C(=O)NC(C)(C)c1ccc2c(c1)OCCO2. The smallest absolute Gasteiger partial charge is 0.233 e. The molecule has 1 aliphatic heterocycles. The Morgan fingerprint density at radius 1 is 1.12 bits per heavy atom. The van der Waals surface area contributed by atoms with E-state index in [-0.39, 0.29) is 11.2 Å². The van der Waals surface area contributed by atoms with Crippen LogP contribution in [0.3, 0.4) is 0 Å². The van der Waals surface area contributed by atoms with Gasteiger partial charge in [-0.3, -0.25) is 4.79 Å². The lowest BCUT2D eigenvalue weighted by molar-refractivity contribution is -0.122. The number of benzene rings is 2. The number of amides is 1. The van der Waals surface area contributed by atoms with Gasteiger partial charge in [0.05, 0.1) is 10.8 Å². The topological polar surface area (TPSA) is 47.6 Å². The quantitative estimate of drug-likeness (QED) is 0.754. The summed E-state index contributed by atoms with van der Waals surface area (Å²) in [6.07, 6.45) is 0. The molecule has 2 aromatic carbocycles. The summed E-state index contributed by atoms with van der Waals surface area (Å²) in [6.45, 7) is 6.96. The first-order valence-corrected chi connectivity index (χ1v) is 9.75. The van der Waals surface area contributed by atoms with Crippen LogP contribution in [0.4, 0.5) is 0 Å². The van der Waals surface area contributed by atoms with Crippen molar-refractivity contribution in [2.75, 3.05) is 13.2 Å². The fourth-order valence-electron chi connectivity index (χ4n) is 2.68. The number of carbonyl (C=O) groups excluding carboxylic acids is 1. The first kappa shape index (κ1) is 18.9. The molecule has 0 saturated heterocycles. The van der Waals surface area contributed by atoms with Gasteiger partial charge in [-0.1, -0.05) is 17.7 Å². The van der Waals surface area contributed by atoms with Gasteiger partial charge in [0.1, 0.15) is 13.2 Å². The number of rotatable bonds is 5. The number of hydrogen-bond donors (Lipinski definition) is 1. The molecule has 1 amide bonds.